The Kier molecular flexibility index (Phi) is 9.42. The Morgan fingerprint density at radius 1 is 1.33 bits per heavy atom. The van der Waals surface area contributed by atoms with E-state index in [2.05, 4.69) is 18.7 Å². The van der Waals surface area contributed by atoms with Crippen molar-refractivity contribution in [3.8, 4) is 0 Å². The van der Waals surface area contributed by atoms with Crippen LogP contribution in [0.15, 0.2) is 0 Å². The molecule has 0 spiro atoms. The van der Waals surface area contributed by atoms with E-state index in [1.165, 1.54) is 6.42 Å². The number of nitrogens with two attached hydrogens (primary N) is 1. The average Bonchev–Trinajstić information content (AvgIpc) is 2.76. The van der Waals surface area contributed by atoms with Crippen molar-refractivity contribution in [2.75, 3.05) is 32.7 Å². The van der Waals surface area contributed by atoms with Crippen LogP contribution in [0.2, 0.25) is 0 Å². The summed E-state index contributed by atoms with van der Waals surface area (Å²) in [6, 6.07) is 0.420. The first-order valence-electron chi connectivity index (χ1n) is 6.94. The largest absolute Gasteiger partial charge is 0.342 e. The zero-order valence-electron chi connectivity index (χ0n) is 11.7. The fourth-order valence-corrected chi connectivity index (χ4v) is 2.55. The summed E-state index contributed by atoms with van der Waals surface area (Å²) in [5, 5.41) is 0. The molecule has 1 aliphatic rings. The van der Waals surface area contributed by atoms with Crippen LogP contribution in [-0.4, -0.2) is 54.5 Å². The number of rotatable bonds is 7. The first-order valence-corrected chi connectivity index (χ1v) is 6.94. The first kappa shape index (κ1) is 17.7. The van der Waals surface area contributed by atoms with Crippen LogP contribution in [0.25, 0.3) is 0 Å². The molecule has 0 aromatic rings. The molecule has 5 heteroatoms. The molecule has 0 aromatic heterocycles. The van der Waals surface area contributed by atoms with Gasteiger partial charge >= 0.3 is 0 Å². The lowest BCUT2D eigenvalue weighted by molar-refractivity contribution is -0.132. The van der Waals surface area contributed by atoms with E-state index in [9.17, 15) is 4.79 Å². The highest BCUT2D eigenvalue weighted by Crippen LogP contribution is 2.15. The van der Waals surface area contributed by atoms with Crippen molar-refractivity contribution in [3.63, 3.8) is 0 Å². The summed E-state index contributed by atoms with van der Waals surface area (Å²) in [4.78, 5) is 16.4. The predicted octanol–water partition coefficient (Wildman–Crippen LogP) is 1.48. The van der Waals surface area contributed by atoms with E-state index in [-0.39, 0.29) is 18.3 Å². The first-order chi connectivity index (χ1) is 8.22. The number of amides is 1. The Balaban J connectivity index is 0.00000289. The molecule has 0 saturated carbocycles. The van der Waals surface area contributed by atoms with Crippen LogP contribution in [0.1, 0.15) is 39.5 Å². The van der Waals surface area contributed by atoms with Crippen LogP contribution < -0.4 is 5.73 Å². The van der Waals surface area contributed by atoms with Crippen molar-refractivity contribution in [3.05, 3.63) is 0 Å². The van der Waals surface area contributed by atoms with Crippen LogP contribution in [0, 0.1) is 0 Å². The van der Waals surface area contributed by atoms with Gasteiger partial charge in [0.15, 0.2) is 0 Å². The number of halogens is 1. The molecule has 2 N–H and O–H groups in total. The minimum atomic E-state index is 0. The second-order valence-electron chi connectivity index (χ2n) is 4.88. The maximum atomic E-state index is 12.2. The van der Waals surface area contributed by atoms with Gasteiger partial charge in [-0.05, 0) is 32.2 Å². The Morgan fingerprint density at radius 3 is 2.44 bits per heavy atom. The third-order valence-corrected chi connectivity index (χ3v) is 3.45. The molecule has 0 radical (unpaired) electrons. The third kappa shape index (κ3) is 5.12. The number of likely N-dealkylation sites (tertiary alicyclic amines) is 1. The number of hydrogen-bond acceptors (Lipinski definition) is 3. The Bertz CT molecular complexity index is 232. The summed E-state index contributed by atoms with van der Waals surface area (Å²) in [5.41, 5.74) is 5.73. The van der Waals surface area contributed by atoms with Crippen molar-refractivity contribution >= 4 is 18.3 Å². The van der Waals surface area contributed by atoms with Crippen LogP contribution in [-0.2, 0) is 4.79 Å². The van der Waals surface area contributed by atoms with Gasteiger partial charge < -0.3 is 10.6 Å². The molecule has 1 fully saturated rings. The Morgan fingerprint density at radius 2 is 1.94 bits per heavy atom. The van der Waals surface area contributed by atoms with E-state index in [1.807, 2.05) is 4.90 Å². The van der Waals surface area contributed by atoms with Gasteiger partial charge in [-0.2, -0.15) is 0 Å². The summed E-state index contributed by atoms with van der Waals surface area (Å²) in [6.45, 7) is 8.26. The van der Waals surface area contributed by atoms with Crippen molar-refractivity contribution < 1.29 is 4.79 Å². The van der Waals surface area contributed by atoms with Crippen LogP contribution in [0.3, 0.4) is 0 Å². The van der Waals surface area contributed by atoms with Gasteiger partial charge in [-0.15, -0.1) is 12.4 Å². The summed E-state index contributed by atoms with van der Waals surface area (Å²) in [6.07, 6.45) is 4.39. The highest BCUT2D eigenvalue weighted by Gasteiger charge is 2.26. The molecule has 4 nitrogen and oxygen atoms in total. The van der Waals surface area contributed by atoms with E-state index < -0.39 is 0 Å². The number of nitrogens with zero attached hydrogens (tertiary/aromatic N) is 2. The van der Waals surface area contributed by atoms with E-state index in [1.54, 1.807) is 0 Å². The van der Waals surface area contributed by atoms with Gasteiger partial charge in [0.2, 0.25) is 5.91 Å². The monoisotopic (exact) mass is 277 g/mol. The zero-order chi connectivity index (χ0) is 12.7. The standard InChI is InChI=1S/C13H27N3O.ClH/c1-3-7-15(8-4-2)13(17)11-16-9-5-6-12(16)10-14;/h12H,3-11,14H2,1-2H3;1H. The van der Waals surface area contributed by atoms with E-state index >= 15 is 0 Å². The molecular weight excluding hydrogens is 250 g/mol. The van der Waals surface area contributed by atoms with Gasteiger partial charge in [0.25, 0.3) is 0 Å². The van der Waals surface area contributed by atoms with Crippen LogP contribution in [0.4, 0.5) is 0 Å². The smallest absolute Gasteiger partial charge is 0.236 e. The summed E-state index contributed by atoms with van der Waals surface area (Å²) < 4.78 is 0. The molecule has 1 saturated heterocycles. The van der Waals surface area contributed by atoms with E-state index in [0.29, 0.717) is 19.1 Å². The van der Waals surface area contributed by atoms with Crippen molar-refractivity contribution in [1.82, 2.24) is 9.80 Å². The zero-order valence-corrected chi connectivity index (χ0v) is 12.5. The topological polar surface area (TPSA) is 49.6 Å². The number of carbonyl (C=O) groups is 1. The lowest BCUT2D eigenvalue weighted by Crippen LogP contribution is -2.44. The summed E-state index contributed by atoms with van der Waals surface area (Å²) in [7, 11) is 0. The van der Waals surface area contributed by atoms with Crippen molar-refractivity contribution in [2.24, 2.45) is 5.73 Å². The normalized spacial score (nSPS) is 19.6. The SMILES string of the molecule is CCCN(CCC)C(=O)CN1CCCC1CN.Cl. The predicted molar refractivity (Wildman–Crippen MR) is 78.1 cm³/mol. The van der Waals surface area contributed by atoms with Gasteiger partial charge in [0.1, 0.15) is 0 Å². The van der Waals surface area contributed by atoms with Gasteiger partial charge in [-0.25, -0.2) is 0 Å². The molecule has 1 atom stereocenters. The van der Waals surface area contributed by atoms with Gasteiger partial charge in [0.05, 0.1) is 6.54 Å². The molecule has 1 amide bonds. The van der Waals surface area contributed by atoms with Crippen molar-refractivity contribution in [1.29, 1.82) is 0 Å². The lowest BCUT2D eigenvalue weighted by atomic mass is 10.2. The molecule has 0 bridgehead atoms. The minimum absolute atomic E-state index is 0. The lowest BCUT2D eigenvalue weighted by Gasteiger charge is -2.27. The van der Waals surface area contributed by atoms with Crippen molar-refractivity contribution in [2.45, 2.75) is 45.6 Å². The number of carbonyl (C=O) groups excluding carboxylic acids is 1. The molecule has 0 aliphatic carbocycles. The van der Waals surface area contributed by atoms with Gasteiger partial charge in [-0.3, -0.25) is 9.69 Å². The molecule has 1 heterocycles. The molecular formula is C13H28ClN3O. The second-order valence-corrected chi connectivity index (χ2v) is 4.88. The average molecular weight is 278 g/mol. The molecule has 1 rings (SSSR count). The maximum Gasteiger partial charge on any atom is 0.236 e. The third-order valence-electron chi connectivity index (χ3n) is 3.45. The number of hydrogen-bond donors (Lipinski definition) is 1. The van der Waals surface area contributed by atoms with E-state index in [0.717, 1.165) is 38.9 Å². The highest BCUT2D eigenvalue weighted by molar-refractivity contribution is 5.85. The maximum absolute atomic E-state index is 12.2. The highest BCUT2D eigenvalue weighted by atomic mass is 35.5. The molecule has 18 heavy (non-hydrogen) atoms. The van der Waals surface area contributed by atoms with E-state index in [4.69, 9.17) is 5.73 Å². The van der Waals surface area contributed by atoms with Crippen LogP contribution in [0.5, 0.6) is 0 Å². The minimum Gasteiger partial charge on any atom is -0.342 e. The fourth-order valence-electron chi connectivity index (χ4n) is 2.55. The molecule has 1 unspecified atom stereocenters. The molecule has 108 valence electrons. The quantitative estimate of drug-likeness (QED) is 0.767. The molecule has 1 aliphatic heterocycles. The molecule has 0 aromatic carbocycles. The Labute approximate surface area is 117 Å². The summed E-state index contributed by atoms with van der Waals surface area (Å²) in [5.74, 6) is 0.272. The fraction of sp³-hybridized carbons (Fsp3) is 0.923. The summed E-state index contributed by atoms with van der Waals surface area (Å²) >= 11 is 0. The van der Waals surface area contributed by atoms with Gasteiger partial charge in [0, 0.05) is 25.7 Å². The van der Waals surface area contributed by atoms with Crippen LogP contribution >= 0.6 is 12.4 Å². The Hall–Kier alpha value is -0.320. The second kappa shape index (κ2) is 9.59. The van der Waals surface area contributed by atoms with Gasteiger partial charge in [-0.1, -0.05) is 13.8 Å².